The first-order valence-corrected chi connectivity index (χ1v) is 15.8. The number of rotatable bonds is 11. The average Bonchev–Trinajstić information content (AvgIpc) is 3.74. The van der Waals surface area contributed by atoms with E-state index in [1.807, 2.05) is 91.0 Å². The van der Waals surface area contributed by atoms with Crippen LogP contribution in [-0.2, 0) is 15.1 Å². The summed E-state index contributed by atoms with van der Waals surface area (Å²) in [6.45, 7) is -0.0763. The molecule has 1 aliphatic rings. The smallest absolute Gasteiger partial charge is 0.256 e. The molecule has 3 heterocycles. The fraction of sp³-hybridized carbons (Fsp3) is 0.189. The van der Waals surface area contributed by atoms with Crippen molar-refractivity contribution in [1.29, 1.82) is 0 Å². The molecule has 0 spiro atoms. The van der Waals surface area contributed by atoms with Gasteiger partial charge in [0.25, 0.3) is 5.91 Å². The van der Waals surface area contributed by atoms with Crippen LogP contribution in [-0.4, -0.2) is 62.5 Å². The van der Waals surface area contributed by atoms with E-state index < -0.39 is 30.1 Å². The number of hydrogen-bond donors (Lipinski definition) is 2. The van der Waals surface area contributed by atoms with Crippen LogP contribution in [0.1, 0.15) is 33.3 Å². The number of aromatic nitrogens is 4. The van der Waals surface area contributed by atoms with E-state index in [-0.39, 0.29) is 18.3 Å². The molecule has 7 rings (SSSR count). The Hall–Kier alpha value is -6.11. The van der Waals surface area contributed by atoms with Gasteiger partial charge in [0.2, 0.25) is 0 Å². The molecule has 0 bridgehead atoms. The molecule has 1 aliphatic heterocycles. The number of ether oxygens (including phenoxy) is 3. The molecule has 6 aromatic rings. The summed E-state index contributed by atoms with van der Waals surface area (Å²) >= 11 is 0. The summed E-state index contributed by atoms with van der Waals surface area (Å²) in [5.41, 5.74) is 12.0. The quantitative estimate of drug-likeness (QED) is 0.0729. The van der Waals surface area contributed by atoms with Gasteiger partial charge >= 0.3 is 0 Å². The second-order valence-electron chi connectivity index (χ2n) is 11.6. The van der Waals surface area contributed by atoms with Crippen molar-refractivity contribution in [2.45, 2.75) is 30.1 Å². The van der Waals surface area contributed by atoms with E-state index >= 15 is 0 Å². The monoisotopic (exact) mass is 668 g/mol. The zero-order valence-electron chi connectivity index (χ0n) is 26.9. The van der Waals surface area contributed by atoms with E-state index in [2.05, 4.69) is 30.3 Å². The lowest BCUT2D eigenvalue weighted by atomic mass is 9.80. The zero-order valence-corrected chi connectivity index (χ0v) is 26.9. The highest BCUT2D eigenvalue weighted by Gasteiger charge is 2.47. The Bertz CT molecular complexity index is 2080. The van der Waals surface area contributed by atoms with Crippen molar-refractivity contribution in [3.8, 4) is 5.75 Å². The molecule has 0 radical (unpaired) electrons. The molecule has 1 saturated heterocycles. The first kappa shape index (κ1) is 32.4. The maximum absolute atomic E-state index is 12.9. The number of amides is 1. The highest BCUT2D eigenvalue weighted by molar-refractivity contribution is 6.06. The third kappa shape index (κ3) is 6.02. The van der Waals surface area contributed by atoms with Crippen LogP contribution in [0.4, 0.5) is 5.82 Å². The SMILES string of the molecule is COc1ccc(C(OC[C@H]2O[C@@H](n3cnc4c(NC(=O)c5ccccc5)ncnc43)[C@H](O)[C@H]2N=[N+]=[N-])(c2ccccc2)c2ccccc2)cc1. The number of aliphatic hydroxyl groups is 1. The molecule has 13 heteroatoms. The predicted molar refractivity (Wildman–Crippen MR) is 184 cm³/mol. The molecule has 0 saturated carbocycles. The van der Waals surface area contributed by atoms with E-state index in [0.717, 1.165) is 16.7 Å². The molecule has 1 amide bonds. The van der Waals surface area contributed by atoms with Crippen LogP contribution in [0.25, 0.3) is 21.6 Å². The summed E-state index contributed by atoms with van der Waals surface area (Å²) in [5, 5.41) is 18.3. The molecule has 1 fully saturated rings. The maximum Gasteiger partial charge on any atom is 0.256 e. The van der Waals surface area contributed by atoms with Crippen LogP contribution in [0.5, 0.6) is 5.75 Å². The highest BCUT2D eigenvalue weighted by Crippen LogP contribution is 2.43. The van der Waals surface area contributed by atoms with Crippen LogP contribution in [0.2, 0.25) is 0 Å². The van der Waals surface area contributed by atoms with Crippen molar-refractivity contribution in [2.75, 3.05) is 19.0 Å². The van der Waals surface area contributed by atoms with E-state index in [0.29, 0.717) is 22.5 Å². The van der Waals surface area contributed by atoms with Gasteiger partial charge in [-0.1, -0.05) is 96.1 Å². The molecule has 2 aromatic heterocycles. The Balaban J connectivity index is 1.23. The number of azide groups is 1. The Kier molecular flexibility index (Phi) is 9.19. The highest BCUT2D eigenvalue weighted by atomic mass is 16.6. The summed E-state index contributed by atoms with van der Waals surface area (Å²) in [4.78, 5) is 29.0. The first-order chi connectivity index (χ1) is 24.5. The minimum atomic E-state index is -1.29. The Morgan fingerprint density at radius 1 is 0.920 bits per heavy atom. The zero-order chi connectivity index (χ0) is 34.5. The van der Waals surface area contributed by atoms with Crippen molar-refractivity contribution in [1.82, 2.24) is 19.5 Å². The van der Waals surface area contributed by atoms with E-state index in [9.17, 15) is 15.4 Å². The van der Waals surface area contributed by atoms with E-state index in [4.69, 9.17) is 14.2 Å². The molecule has 2 N–H and O–H groups in total. The van der Waals surface area contributed by atoms with Gasteiger partial charge in [0.1, 0.15) is 23.8 Å². The first-order valence-electron chi connectivity index (χ1n) is 15.8. The molecule has 13 nitrogen and oxygen atoms in total. The second kappa shape index (κ2) is 14.2. The number of carbonyl (C=O) groups is 1. The summed E-state index contributed by atoms with van der Waals surface area (Å²) in [5.74, 6) is 0.517. The van der Waals surface area contributed by atoms with Crippen LogP contribution in [0.15, 0.2) is 133 Å². The predicted octanol–water partition coefficient (Wildman–Crippen LogP) is 6.03. The van der Waals surface area contributed by atoms with Gasteiger partial charge in [-0.2, -0.15) is 0 Å². The van der Waals surface area contributed by atoms with E-state index in [1.54, 1.807) is 31.4 Å². The Morgan fingerprint density at radius 2 is 1.54 bits per heavy atom. The molecule has 0 aliphatic carbocycles. The summed E-state index contributed by atoms with van der Waals surface area (Å²) in [6, 6.07) is 34.9. The number of nitrogens with one attached hydrogen (secondary N) is 1. The standard InChI is InChI=1S/C37H32N8O5/c1-48-28-19-17-27(18-20-28)37(25-13-7-3-8-14-25,26-15-9-4-10-16-26)49-21-29-30(43-44-38)32(46)36(50-29)45-23-41-31-33(39-22-40-34(31)45)42-35(47)24-11-5-2-6-12-24/h2-20,22-23,29-30,32,36,46H,21H2,1H3,(H,39,40,42,47)/t29-,30+,32-,36-/m1/s1. The van der Waals surface area contributed by atoms with Gasteiger partial charge in [-0.3, -0.25) is 9.36 Å². The fourth-order valence-electron chi connectivity index (χ4n) is 6.33. The molecule has 4 aromatic carbocycles. The van der Waals surface area contributed by atoms with Crippen molar-refractivity contribution in [2.24, 2.45) is 5.11 Å². The number of methoxy groups -OCH3 is 1. The van der Waals surface area contributed by atoms with Crippen LogP contribution in [0, 0.1) is 0 Å². The number of fused-ring (bicyclic) bond motifs is 1. The van der Waals surface area contributed by atoms with Gasteiger partial charge < -0.3 is 24.6 Å². The number of aliphatic hydroxyl groups excluding tert-OH is 1. The average molecular weight is 669 g/mol. The summed E-state index contributed by atoms with van der Waals surface area (Å²) in [6.07, 6.45) is -0.500. The minimum Gasteiger partial charge on any atom is -0.497 e. The number of imidazole rings is 1. The van der Waals surface area contributed by atoms with Crippen molar-refractivity contribution >= 4 is 22.9 Å². The molecule has 250 valence electrons. The molecule has 50 heavy (non-hydrogen) atoms. The normalized spacial score (nSPS) is 18.8. The number of carbonyl (C=O) groups excluding carboxylic acids is 1. The molecular formula is C37H32N8O5. The number of anilines is 1. The Labute approximate surface area is 286 Å². The molecule has 4 atom stereocenters. The van der Waals surface area contributed by atoms with Crippen LogP contribution in [0.3, 0.4) is 0 Å². The largest absolute Gasteiger partial charge is 0.497 e. The van der Waals surface area contributed by atoms with Gasteiger partial charge in [0.15, 0.2) is 23.2 Å². The van der Waals surface area contributed by atoms with Crippen molar-refractivity contribution in [3.63, 3.8) is 0 Å². The van der Waals surface area contributed by atoms with E-state index in [1.165, 1.54) is 17.2 Å². The van der Waals surface area contributed by atoms with Gasteiger partial charge in [0, 0.05) is 10.5 Å². The number of benzene rings is 4. The topological polar surface area (TPSA) is 169 Å². The van der Waals surface area contributed by atoms with Gasteiger partial charge in [-0.05, 0) is 46.5 Å². The lowest BCUT2D eigenvalue weighted by molar-refractivity contribution is -0.0860. The third-order valence-electron chi connectivity index (χ3n) is 8.74. The summed E-state index contributed by atoms with van der Waals surface area (Å²) in [7, 11) is 1.61. The van der Waals surface area contributed by atoms with Crippen LogP contribution >= 0.6 is 0 Å². The fourth-order valence-corrected chi connectivity index (χ4v) is 6.33. The maximum atomic E-state index is 12.9. The van der Waals surface area contributed by atoms with Gasteiger partial charge in [-0.15, -0.1) is 0 Å². The summed E-state index contributed by atoms with van der Waals surface area (Å²) < 4.78 is 20.4. The second-order valence-corrected chi connectivity index (χ2v) is 11.6. The number of nitrogens with zero attached hydrogens (tertiary/aromatic N) is 7. The van der Waals surface area contributed by atoms with Gasteiger partial charge in [-0.25, -0.2) is 15.0 Å². The Morgan fingerprint density at radius 3 is 2.16 bits per heavy atom. The van der Waals surface area contributed by atoms with Gasteiger partial charge in [0.05, 0.1) is 32.2 Å². The van der Waals surface area contributed by atoms with Crippen LogP contribution < -0.4 is 10.1 Å². The lowest BCUT2D eigenvalue weighted by Crippen LogP contribution is -2.39. The van der Waals surface area contributed by atoms with Crippen molar-refractivity contribution < 1.29 is 24.1 Å². The molecule has 0 unspecified atom stereocenters. The lowest BCUT2D eigenvalue weighted by Gasteiger charge is -2.37. The molecular weight excluding hydrogens is 636 g/mol. The number of hydrogen-bond acceptors (Lipinski definition) is 9. The van der Waals surface area contributed by atoms with Crippen molar-refractivity contribution in [3.05, 3.63) is 161 Å². The minimum absolute atomic E-state index is 0.0763. The third-order valence-corrected chi connectivity index (χ3v) is 8.74.